The molecule has 1 aromatic rings. The Kier molecular flexibility index (Phi) is 13.1. The molecular formula is C33H53N3O8. The highest BCUT2D eigenvalue weighted by molar-refractivity contribution is 5.84. The van der Waals surface area contributed by atoms with E-state index in [1.807, 2.05) is 36.9 Å². The molecule has 3 atom stereocenters. The summed E-state index contributed by atoms with van der Waals surface area (Å²) in [7, 11) is 3.24. The second-order valence-electron chi connectivity index (χ2n) is 13.4. The zero-order valence-corrected chi connectivity index (χ0v) is 27.6. The lowest BCUT2D eigenvalue weighted by Gasteiger charge is -2.39. The largest absolute Gasteiger partial charge is 0.493 e. The maximum atomic E-state index is 14.2. The molecule has 2 fully saturated rings. The number of ether oxygens (including phenoxy) is 4. The molecule has 0 bridgehead atoms. The van der Waals surface area contributed by atoms with Gasteiger partial charge >= 0.3 is 6.09 Å². The van der Waals surface area contributed by atoms with Gasteiger partial charge in [0.2, 0.25) is 11.8 Å². The van der Waals surface area contributed by atoms with Crippen molar-refractivity contribution in [2.45, 2.75) is 91.0 Å². The van der Waals surface area contributed by atoms with Crippen LogP contribution < -0.4 is 14.8 Å². The van der Waals surface area contributed by atoms with Crippen molar-refractivity contribution in [1.29, 1.82) is 0 Å². The summed E-state index contributed by atoms with van der Waals surface area (Å²) >= 11 is 0. The first-order chi connectivity index (χ1) is 20.8. The van der Waals surface area contributed by atoms with E-state index in [2.05, 4.69) is 5.32 Å². The number of amides is 3. The summed E-state index contributed by atoms with van der Waals surface area (Å²) in [6, 6.07) is 5.39. The summed E-state index contributed by atoms with van der Waals surface area (Å²) in [5.41, 5.74) is 0.185. The number of aliphatic hydroxyl groups excluding tert-OH is 1. The number of aliphatic hydroxyl groups is 1. The molecule has 44 heavy (non-hydrogen) atoms. The highest BCUT2D eigenvalue weighted by Gasteiger charge is 2.43. The van der Waals surface area contributed by atoms with Gasteiger partial charge in [-0.25, -0.2) is 4.79 Å². The molecule has 2 N–H and O–H groups in total. The lowest BCUT2D eigenvalue weighted by atomic mass is 9.87. The third kappa shape index (κ3) is 10.8. The summed E-state index contributed by atoms with van der Waals surface area (Å²) < 4.78 is 22.2. The number of carbonyl (C=O) groups is 3. The van der Waals surface area contributed by atoms with Gasteiger partial charge in [-0.05, 0) is 70.1 Å². The predicted octanol–water partition coefficient (Wildman–Crippen LogP) is 4.00. The molecule has 3 rings (SSSR count). The SMILES string of the molecule is COCCCOc1cc(CN(C(=O)[C@@H]2C[C@H](C(=O)NC(CO)CC(C)C)CN(C(=O)OC(C)(C)C)C2)C2CC2)ccc1OC. The molecule has 1 aliphatic heterocycles. The van der Waals surface area contributed by atoms with Gasteiger partial charge in [-0.1, -0.05) is 19.9 Å². The van der Waals surface area contributed by atoms with Crippen molar-refractivity contribution in [1.82, 2.24) is 15.1 Å². The molecule has 11 heteroatoms. The van der Waals surface area contributed by atoms with Crippen LogP contribution in [0.5, 0.6) is 11.5 Å². The van der Waals surface area contributed by atoms with E-state index in [0.717, 1.165) is 24.8 Å². The molecule has 1 aromatic carbocycles. The van der Waals surface area contributed by atoms with E-state index in [1.54, 1.807) is 35.0 Å². The van der Waals surface area contributed by atoms with Gasteiger partial charge in [-0.3, -0.25) is 9.59 Å². The van der Waals surface area contributed by atoms with Gasteiger partial charge in [-0.2, -0.15) is 0 Å². The number of hydrogen-bond acceptors (Lipinski definition) is 8. The van der Waals surface area contributed by atoms with Crippen molar-refractivity contribution in [3.05, 3.63) is 23.8 Å². The highest BCUT2D eigenvalue weighted by Crippen LogP contribution is 2.35. The van der Waals surface area contributed by atoms with Crippen LogP contribution in [-0.2, 0) is 25.6 Å². The second-order valence-corrected chi connectivity index (χ2v) is 13.4. The first-order valence-corrected chi connectivity index (χ1v) is 15.8. The van der Waals surface area contributed by atoms with Crippen LogP contribution >= 0.6 is 0 Å². The van der Waals surface area contributed by atoms with Crippen molar-refractivity contribution in [2.75, 3.05) is 47.1 Å². The van der Waals surface area contributed by atoms with E-state index < -0.39 is 29.6 Å². The number of nitrogens with one attached hydrogen (secondary N) is 1. The van der Waals surface area contributed by atoms with Gasteiger partial charge in [-0.15, -0.1) is 0 Å². The Hall–Kier alpha value is -3.05. The number of rotatable bonds is 15. The molecule has 0 aromatic heterocycles. The lowest BCUT2D eigenvalue weighted by Crippen LogP contribution is -2.54. The molecule has 11 nitrogen and oxygen atoms in total. The molecule has 1 saturated carbocycles. The topological polar surface area (TPSA) is 127 Å². The summed E-state index contributed by atoms with van der Waals surface area (Å²) in [6.45, 7) is 11.0. The number of benzene rings is 1. The minimum absolute atomic E-state index is 0.0853. The number of methoxy groups -OCH3 is 2. The Morgan fingerprint density at radius 3 is 2.36 bits per heavy atom. The van der Waals surface area contributed by atoms with Gasteiger partial charge in [0, 0.05) is 45.8 Å². The smallest absolute Gasteiger partial charge is 0.410 e. The standard InChI is InChI=1S/C33H53N3O8/c1-22(2)15-26(21-37)34-30(38)24-17-25(20-35(19-24)32(40)44-33(3,4)5)31(39)36(27-10-11-27)18-23-9-12-28(42-7)29(16-23)43-14-8-13-41-6/h9,12,16,22,24-27,37H,8,10-11,13-15,17-21H2,1-7H3,(H,34,38)/t24-,25+,26?/m0/s1. The van der Waals surface area contributed by atoms with Crippen LogP contribution in [0.15, 0.2) is 18.2 Å². The Balaban J connectivity index is 1.81. The van der Waals surface area contributed by atoms with Crippen LogP contribution in [0.2, 0.25) is 0 Å². The molecule has 1 saturated heterocycles. The van der Waals surface area contributed by atoms with Crippen LogP contribution in [0.3, 0.4) is 0 Å². The average molecular weight is 620 g/mol. The van der Waals surface area contributed by atoms with Gasteiger partial charge in [0.1, 0.15) is 5.60 Å². The third-order valence-corrected chi connectivity index (χ3v) is 7.75. The summed E-state index contributed by atoms with van der Waals surface area (Å²) in [6.07, 6.45) is 2.94. The first kappa shape index (κ1) is 35.4. The summed E-state index contributed by atoms with van der Waals surface area (Å²) in [5.74, 6) is -0.0310. The van der Waals surface area contributed by atoms with E-state index in [9.17, 15) is 19.5 Å². The normalized spacial score (nSPS) is 19.3. The van der Waals surface area contributed by atoms with Crippen LogP contribution in [0.25, 0.3) is 0 Å². The van der Waals surface area contributed by atoms with E-state index in [4.69, 9.17) is 18.9 Å². The van der Waals surface area contributed by atoms with E-state index in [1.165, 1.54) is 4.90 Å². The number of carbonyl (C=O) groups excluding carboxylic acids is 3. The molecule has 3 amide bonds. The maximum Gasteiger partial charge on any atom is 0.410 e. The number of piperidine rings is 1. The fraction of sp³-hybridized carbons (Fsp3) is 0.727. The number of nitrogens with zero attached hydrogens (tertiary/aromatic N) is 2. The van der Waals surface area contributed by atoms with Gasteiger partial charge < -0.3 is 39.2 Å². The van der Waals surface area contributed by atoms with Crippen LogP contribution in [0, 0.1) is 17.8 Å². The molecule has 2 aliphatic rings. The molecule has 1 unspecified atom stereocenters. The molecule has 1 aliphatic carbocycles. The zero-order valence-electron chi connectivity index (χ0n) is 27.6. The molecular weight excluding hydrogens is 566 g/mol. The molecule has 0 spiro atoms. The number of hydrogen-bond donors (Lipinski definition) is 2. The van der Waals surface area contributed by atoms with E-state index in [0.29, 0.717) is 44.1 Å². The van der Waals surface area contributed by atoms with Crippen LogP contribution in [0.4, 0.5) is 4.79 Å². The zero-order chi connectivity index (χ0) is 32.4. The number of likely N-dealkylation sites (tertiary alicyclic amines) is 1. The summed E-state index contributed by atoms with van der Waals surface area (Å²) in [4.78, 5) is 44.2. The fourth-order valence-electron chi connectivity index (χ4n) is 5.53. The van der Waals surface area contributed by atoms with Crippen molar-refractivity contribution in [3.63, 3.8) is 0 Å². The fourth-order valence-corrected chi connectivity index (χ4v) is 5.53. The van der Waals surface area contributed by atoms with E-state index >= 15 is 0 Å². The third-order valence-electron chi connectivity index (χ3n) is 7.75. The van der Waals surface area contributed by atoms with E-state index in [-0.39, 0.29) is 43.5 Å². The molecule has 248 valence electrons. The van der Waals surface area contributed by atoms with Crippen LogP contribution in [-0.4, -0.2) is 97.6 Å². The predicted molar refractivity (Wildman–Crippen MR) is 166 cm³/mol. The molecule has 0 radical (unpaired) electrons. The van der Waals surface area contributed by atoms with Crippen molar-refractivity contribution >= 4 is 17.9 Å². The lowest BCUT2D eigenvalue weighted by molar-refractivity contribution is -0.140. The van der Waals surface area contributed by atoms with Crippen molar-refractivity contribution < 1.29 is 38.4 Å². The quantitative estimate of drug-likeness (QED) is 0.282. The van der Waals surface area contributed by atoms with Gasteiger partial charge in [0.15, 0.2) is 11.5 Å². The first-order valence-electron chi connectivity index (χ1n) is 15.8. The maximum absolute atomic E-state index is 14.2. The minimum atomic E-state index is -0.719. The van der Waals surface area contributed by atoms with Gasteiger partial charge in [0.05, 0.1) is 38.2 Å². The van der Waals surface area contributed by atoms with Gasteiger partial charge in [0.25, 0.3) is 0 Å². The minimum Gasteiger partial charge on any atom is -0.493 e. The van der Waals surface area contributed by atoms with Crippen LogP contribution in [0.1, 0.15) is 72.3 Å². The Morgan fingerprint density at radius 1 is 1.07 bits per heavy atom. The second kappa shape index (κ2) is 16.3. The monoisotopic (exact) mass is 619 g/mol. The van der Waals surface area contributed by atoms with Crippen molar-refractivity contribution in [3.8, 4) is 11.5 Å². The average Bonchev–Trinajstić information content (AvgIpc) is 3.81. The summed E-state index contributed by atoms with van der Waals surface area (Å²) in [5, 5.41) is 12.8. The van der Waals surface area contributed by atoms with Crippen molar-refractivity contribution in [2.24, 2.45) is 17.8 Å². The Bertz CT molecular complexity index is 1100. The highest BCUT2D eigenvalue weighted by atomic mass is 16.6. The Morgan fingerprint density at radius 2 is 1.77 bits per heavy atom. The Labute approximate surface area is 262 Å². The molecule has 1 heterocycles.